The molecule has 0 N–H and O–H groups in total. The van der Waals surface area contributed by atoms with Gasteiger partial charge in [0.25, 0.3) is 10.0 Å². The van der Waals surface area contributed by atoms with Gasteiger partial charge in [0.1, 0.15) is 6.07 Å². The number of hydrogen-bond acceptors (Lipinski definition) is 4. The number of morpholine rings is 1. The molecular formula is C13H15N3O3S. The number of hydrogen-bond donors (Lipinski definition) is 0. The maximum atomic E-state index is 12.2. The van der Waals surface area contributed by atoms with Gasteiger partial charge >= 0.3 is 0 Å². The van der Waals surface area contributed by atoms with Crippen molar-refractivity contribution >= 4 is 15.9 Å². The number of amidine groups is 1. The Kier molecular flexibility index (Phi) is 4.37. The smallest absolute Gasteiger partial charge is 0.284 e. The SMILES string of the molecule is Cc1ccc(S(=O)(=O)/N=C(\C#N)N2CCOCC2)cc1. The summed E-state index contributed by atoms with van der Waals surface area (Å²) in [4.78, 5) is 1.71. The van der Waals surface area contributed by atoms with Gasteiger partial charge in [0.05, 0.1) is 18.1 Å². The minimum Gasteiger partial charge on any atom is -0.378 e. The second kappa shape index (κ2) is 6.03. The van der Waals surface area contributed by atoms with Crippen LogP contribution in [0.25, 0.3) is 0 Å². The summed E-state index contributed by atoms with van der Waals surface area (Å²) < 4.78 is 33.1. The van der Waals surface area contributed by atoms with Crippen LogP contribution in [0.2, 0.25) is 0 Å². The fraction of sp³-hybridized carbons (Fsp3) is 0.385. The Balaban J connectivity index is 2.30. The van der Waals surface area contributed by atoms with Crippen LogP contribution in [0.15, 0.2) is 33.6 Å². The van der Waals surface area contributed by atoms with E-state index in [4.69, 9.17) is 10.00 Å². The molecule has 1 aliphatic rings. The Bertz CT molecular complexity index is 638. The molecule has 1 aliphatic heterocycles. The minimum absolute atomic E-state index is 0.0871. The predicted molar refractivity (Wildman–Crippen MR) is 73.8 cm³/mol. The molecule has 0 aliphatic carbocycles. The number of benzene rings is 1. The van der Waals surface area contributed by atoms with Crippen LogP contribution in [0.5, 0.6) is 0 Å². The summed E-state index contributed by atoms with van der Waals surface area (Å²) in [7, 11) is -3.85. The van der Waals surface area contributed by atoms with Crippen molar-refractivity contribution in [2.45, 2.75) is 11.8 Å². The highest BCUT2D eigenvalue weighted by molar-refractivity contribution is 7.90. The van der Waals surface area contributed by atoms with E-state index in [1.54, 1.807) is 17.0 Å². The molecule has 0 spiro atoms. The monoisotopic (exact) mass is 293 g/mol. The third-order valence-corrected chi connectivity index (χ3v) is 4.22. The number of nitrogens with zero attached hydrogens (tertiary/aromatic N) is 3. The Morgan fingerprint density at radius 1 is 1.30 bits per heavy atom. The molecule has 0 radical (unpaired) electrons. The number of rotatable bonds is 2. The van der Waals surface area contributed by atoms with Crippen molar-refractivity contribution < 1.29 is 13.2 Å². The molecule has 106 valence electrons. The van der Waals surface area contributed by atoms with Gasteiger partial charge in [0.15, 0.2) is 0 Å². The first-order valence-electron chi connectivity index (χ1n) is 6.17. The summed E-state index contributed by atoms with van der Waals surface area (Å²) in [6.07, 6.45) is 0. The molecule has 1 aromatic carbocycles. The van der Waals surface area contributed by atoms with Crippen molar-refractivity contribution in [2.24, 2.45) is 4.40 Å². The molecule has 0 atom stereocenters. The Labute approximate surface area is 118 Å². The highest BCUT2D eigenvalue weighted by Crippen LogP contribution is 2.14. The second-order valence-corrected chi connectivity index (χ2v) is 6.02. The zero-order valence-electron chi connectivity index (χ0n) is 11.1. The number of sulfonamides is 1. The number of nitriles is 1. The van der Waals surface area contributed by atoms with E-state index in [0.717, 1.165) is 5.56 Å². The van der Waals surface area contributed by atoms with Crippen LogP contribution in [-0.2, 0) is 14.8 Å². The van der Waals surface area contributed by atoms with E-state index in [1.165, 1.54) is 12.1 Å². The molecular weight excluding hydrogens is 278 g/mol. The molecule has 6 nitrogen and oxygen atoms in total. The van der Waals surface area contributed by atoms with Crippen molar-refractivity contribution in [2.75, 3.05) is 26.3 Å². The average molecular weight is 293 g/mol. The van der Waals surface area contributed by atoms with Gasteiger partial charge in [-0.2, -0.15) is 13.7 Å². The van der Waals surface area contributed by atoms with Crippen LogP contribution in [0.1, 0.15) is 5.56 Å². The summed E-state index contributed by atoms with van der Waals surface area (Å²) >= 11 is 0. The fourth-order valence-corrected chi connectivity index (χ4v) is 2.77. The highest BCUT2D eigenvalue weighted by atomic mass is 32.2. The van der Waals surface area contributed by atoms with Crippen LogP contribution < -0.4 is 0 Å². The van der Waals surface area contributed by atoms with Gasteiger partial charge < -0.3 is 9.64 Å². The van der Waals surface area contributed by atoms with E-state index in [2.05, 4.69) is 4.40 Å². The molecule has 0 aromatic heterocycles. The lowest BCUT2D eigenvalue weighted by atomic mass is 10.2. The summed E-state index contributed by atoms with van der Waals surface area (Å²) in [5, 5.41) is 9.10. The first-order valence-corrected chi connectivity index (χ1v) is 7.61. The average Bonchev–Trinajstić information content (AvgIpc) is 2.46. The quantitative estimate of drug-likeness (QED) is 0.598. The van der Waals surface area contributed by atoms with Crippen molar-refractivity contribution in [1.82, 2.24) is 4.90 Å². The van der Waals surface area contributed by atoms with E-state index >= 15 is 0 Å². The maximum Gasteiger partial charge on any atom is 0.284 e. The zero-order chi connectivity index (χ0) is 14.6. The van der Waals surface area contributed by atoms with Gasteiger partial charge in [-0.15, -0.1) is 4.40 Å². The van der Waals surface area contributed by atoms with Gasteiger partial charge in [0, 0.05) is 13.1 Å². The Morgan fingerprint density at radius 2 is 1.90 bits per heavy atom. The van der Waals surface area contributed by atoms with E-state index in [-0.39, 0.29) is 10.7 Å². The molecule has 2 rings (SSSR count). The zero-order valence-corrected chi connectivity index (χ0v) is 11.9. The fourth-order valence-electron chi connectivity index (χ4n) is 1.80. The van der Waals surface area contributed by atoms with E-state index in [9.17, 15) is 8.42 Å². The molecule has 1 saturated heterocycles. The van der Waals surface area contributed by atoms with E-state index < -0.39 is 10.0 Å². The second-order valence-electron chi connectivity index (χ2n) is 4.41. The largest absolute Gasteiger partial charge is 0.378 e. The first kappa shape index (κ1) is 14.5. The first-order chi connectivity index (χ1) is 9.53. The van der Waals surface area contributed by atoms with Crippen molar-refractivity contribution in [3.05, 3.63) is 29.8 Å². The summed E-state index contributed by atoms with van der Waals surface area (Å²) in [5.41, 5.74) is 0.960. The van der Waals surface area contributed by atoms with Gasteiger partial charge in [-0.1, -0.05) is 17.7 Å². The third-order valence-electron chi connectivity index (χ3n) is 2.94. The topological polar surface area (TPSA) is 82.8 Å². The molecule has 0 unspecified atom stereocenters. The Morgan fingerprint density at radius 3 is 2.45 bits per heavy atom. The molecule has 20 heavy (non-hydrogen) atoms. The maximum absolute atomic E-state index is 12.2. The van der Waals surface area contributed by atoms with Crippen LogP contribution in [0.3, 0.4) is 0 Å². The Hall–Kier alpha value is -1.91. The lowest BCUT2D eigenvalue weighted by molar-refractivity contribution is 0.0687. The molecule has 0 saturated carbocycles. The van der Waals surface area contributed by atoms with Crippen LogP contribution in [-0.4, -0.2) is 45.5 Å². The van der Waals surface area contributed by atoms with Crippen LogP contribution in [0.4, 0.5) is 0 Å². The molecule has 1 aromatic rings. The highest BCUT2D eigenvalue weighted by Gasteiger charge is 2.20. The van der Waals surface area contributed by atoms with Gasteiger partial charge in [-0.25, -0.2) is 0 Å². The molecule has 0 amide bonds. The summed E-state index contributed by atoms with van der Waals surface area (Å²) in [6.45, 7) is 3.73. The molecule has 0 bridgehead atoms. The number of ether oxygens (including phenoxy) is 1. The molecule has 7 heteroatoms. The lowest BCUT2D eigenvalue weighted by Crippen LogP contribution is -2.40. The minimum atomic E-state index is -3.85. The van der Waals surface area contributed by atoms with Gasteiger partial charge in [-0.05, 0) is 19.1 Å². The molecule has 1 heterocycles. The predicted octanol–water partition coefficient (Wildman–Crippen LogP) is 0.938. The van der Waals surface area contributed by atoms with Gasteiger partial charge in [0.2, 0.25) is 5.84 Å². The van der Waals surface area contributed by atoms with Gasteiger partial charge in [-0.3, -0.25) is 0 Å². The van der Waals surface area contributed by atoms with Crippen LogP contribution >= 0.6 is 0 Å². The van der Waals surface area contributed by atoms with E-state index in [1.807, 2.05) is 13.0 Å². The summed E-state index contributed by atoms with van der Waals surface area (Å²) in [6, 6.07) is 8.22. The number of aryl methyl sites for hydroxylation is 1. The van der Waals surface area contributed by atoms with Crippen LogP contribution in [0, 0.1) is 18.3 Å². The van der Waals surface area contributed by atoms with Crippen molar-refractivity contribution in [3.8, 4) is 6.07 Å². The van der Waals surface area contributed by atoms with Crippen molar-refractivity contribution in [3.63, 3.8) is 0 Å². The molecule has 1 fully saturated rings. The third kappa shape index (κ3) is 3.35. The normalized spacial score (nSPS) is 16.8. The lowest BCUT2D eigenvalue weighted by Gasteiger charge is -2.26. The van der Waals surface area contributed by atoms with Crippen molar-refractivity contribution in [1.29, 1.82) is 5.26 Å². The standard InChI is InChI=1S/C13H15N3O3S/c1-11-2-4-12(5-3-11)20(17,18)15-13(10-14)16-6-8-19-9-7-16/h2-5H,6-9H2,1H3/b15-13+. The van der Waals surface area contributed by atoms with E-state index in [0.29, 0.717) is 26.3 Å². The summed E-state index contributed by atoms with van der Waals surface area (Å²) in [5.74, 6) is -0.0890.